The molecule has 4 heteroatoms. The van der Waals surface area contributed by atoms with Crippen LogP contribution in [0.15, 0.2) is 28.9 Å². The molecular formula is C14H16ClNO2. The molecule has 0 radical (unpaired) electrons. The van der Waals surface area contributed by atoms with Crippen molar-refractivity contribution in [3.63, 3.8) is 0 Å². The fourth-order valence-electron chi connectivity index (χ4n) is 2.04. The molecule has 96 valence electrons. The average Bonchev–Trinajstić information content (AvgIpc) is 2.73. The van der Waals surface area contributed by atoms with Crippen LogP contribution in [-0.2, 0) is 11.2 Å². The SMILES string of the molecule is CCN(CC)C(=O)Cc1coc2ccc(Cl)cc12. The largest absolute Gasteiger partial charge is 0.464 e. The maximum atomic E-state index is 12.1. The normalized spacial score (nSPS) is 10.8. The van der Waals surface area contributed by atoms with Gasteiger partial charge in [0.15, 0.2) is 0 Å². The van der Waals surface area contributed by atoms with E-state index in [-0.39, 0.29) is 5.91 Å². The number of hydrogen-bond donors (Lipinski definition) is 0. The molecule has 1 heterocycles. The van der Waals surface area contributed by atoms with E-state index in [4.69, 9.17) is 16.0 Å². The summed E-state index contributed by atoms with van der Waals surface area (Å²) in [5.41, 5.74) is 1.66. The van der Waals surface area contributed by atoms with Crippen LogP contribution in [-0.4, -0.2) is 23.9 Å². The van der Waals surface area contributed by atoms with E-state index in [0.29, 0.717) is 11.4 Å². The number of rotatable bonds is 4. The number of hydrogen-bond acceptors (Lipinski definition) is 2. The Hall–Kier alpha value is -1.48. The molecule has 0 spiro atoms. The molecule has 1 aromatic carbocycles. The highest BCUT2D eigenvalue weighted by Gasteiger charge is 2.14. The molecule has 0 fully saturated rings. The first-order chi connectivity index (χ1) is 8.65. The summed E-state index contributed by atoms with van der Waals surface area (Å²) in [7, 11) is 0. The molecule has 0 saturated carbocycles. The van der Waals surface area contributed by atoms with Gasteiger partial charge in [0.2, 0.25) is 5.91 Å². The van der Waals surface area contributed by atoms with Crippen LogP contribution in [0, 0.1) is 0 Å². The number of nitrogens with zero attached hydrogens (tertiary/aromatic N) is 1. The van der Waals surface area contributed by atoms with Crippen molar-refractivity contribution in [2.75, 3.05) is 13.1 Å². The van der Waals surface area contributed by atoms with Crippen molar-refractivity contribution in [2.45, 2.75) is 20.3 Å². The molecule has 0 N–H and O–H groups in total. The van der Waals surface area contributed by atoms with Gasteiger partial charge in [0.05, 0.1) is 12.7 Å². The van der Waals surface area contributed by atoms with Gasteiger partial charge in [-0.15, -0.1) is 0 Å². The minimum Gasteiger partial charge on any atom is -0.464 e. The Morgan fingerprint density at radius 1 is 1.33 bits per heavy atom. The lowest BCUT2D eigenvalue weighted by Gasteiger charge is -2.18. The Labute approximate surface area is 111 Å². The number of benzene rings is 1. The fraction of sp³-hybridized carbons (Fsp3) is 0.357. The molecule has 0 bridgehead atoms. The number of fused-ring (bicyclic) bond motifs is 1. The lowest BCUT2D eigenvalue weighted by Crippen LogP contribution is -2.31. The standard InChI is InChI=1S/C14H16ClNO2/c1-3-16(4-2)14(17)7-10-9-18-13-6-5-11(15)8-12(10)13/h5-6,8-9H,3-4,7H2,1-2H3. The highest BCUT2D eigenvalue weighted by molar-refractivity contribution is 6.31. The maximum absolute atomic E-state index is 12.1. The van der Waals surface area contributed by atoms with Crippen LogP contribution in [0.1, 0.15) is 19.4 Å². The molecule has 3 nitrogen and oxygen atoms in total. The van der Waals surface area contributed by atoms with Gasteiger partial charge in [0.25, 0.3) is 0 Å². The molecule has 2 aromatic rings. The smallest absolute Gasteiger partial charge is 0.227 e. The zero-order valence-electron chi connectivity index (χ0n) is 10.6. The number of carbonyl (C=O) groups is 1. The van der Waals surface area contributed by atoms with E-state index in [1.165, 1.54) is 0 Å². The number of halogens is 1. The monoisotopic (exact) mass is 265 g/mol. The number of likely N-dealkylation sites (N-methyl/N-ethyl adjacent to an activating group) is 1. The quantitative estimate of drug-likeness (QED) is 0.848. The van der Waals surface area contributed by atoms with E-state index in [1.807, 2.05) is 30.9 Å². The summed E-state index contributed by atoms with van der Waals surface area (Å²) in [4.78, 5) is 13.9. The number of furan rings is 1. The van der Waals surface area contributed by atoms with Gasteiger partial charge >= 0.3 is 0 Å². The van der Waals surface area contributed by atoms with E-state index >= 15 is 0 Å². The molecule has 18 heavy (non-hydrogen) atoms. The van der Waals surface area contributed by atoms with Crippen LogP contribution >= 0.6 is 11.6 Å². The van der Waals surface area contributed by atoms with Crippen LogP contribution in [0.4, 0.5) is 0 Å². The van der Waals surface area contributed by atoms with Gasteiger partial charge in [-0.2, -0.15) is 0 Å². The van der Waals surface area contributed by atoms with Crippen molar-refractivity contribution in [1.29, 1.82) is 0 Å². The summed E-state index contributed by atoms with van der Waals surface area (Å²) in [5.74, 6) is 0.114. The van der Waals surface area contributed by atoms with Gasteiger partial charge in [-0.25, -0.2) is 0 Å². The van der Waals surface area contributed by atoms with Crippen molar-refractivity contribution in [3.05, 3.63) is 35.0 Å². The number of carbonyl (C=O) groups excluding carboxylic acids is 1. The number of amides is 1. The zero-order valence-corrected chi connectivity index (χ0v) is 11.3. The van der Waals surface area contributed by atoms with Gasteiger partial charge < -0.3 is 9.32 Å². The Morgan fingerprint density at radius 2 is 2.06 bits per heavy atom. The summed E-state index contributed by atoms with van der Waals surface area (Å²) in [5, 5.41) is 1.57. The fourth-order valence-corrected chi connectivity index (χ4v) is 2.21. The van der Waals surface area contributed by atoms with Gasteiger partial charge in [0.1, 0.15) is 5.58 Å². The Kier molecular flexibility index (Phi) is 3.92. The van der Waals surface area contributed by atoms with Crippen LogP contribution < -0.4 is 0 Å². The third-order valence-corrected chi connectivity index (χ3v) is 3.31. The summed E-state index contributed by atoms with van der Waals surface area (Å²) in [6.45, 7) is 5.41. The first-order valence-corrected chi connectivity index (χ1v) is 6.46. The van der Waals surface area contributed by atoms with Gasteiger partial charge in [-0.05, 0) is 32.0 Å². The second kappa shape index (κ2) is 5.44. The molecule has 2 rings (SSSR count). The van der Waals surface area contributed by atoms with Gasteiger partial charge in [-0.1, -0.05) is 11.6 Å². The topological polar surface area (TPSA) is 33.5 Å². The predicted molar refractivity (Wildman–Crippen MR) is 72.9 cm³/mol. The first kappa shape index (κ1) is 13.0. The molecule has 0 unspecified atom stereocenters. The maximum Gasteiger partial charge on any atom is 0.227 e. The third kappa shape index (κ3) is 2.51. The highest BCUT2D eigenvalue weighted by atomic mass is 35.5. The van der Waals surface area contributed by atoms with E-state index in [2.05, 4.69) is 0 Å². The second-order valence-corrected chi connectivity index (χ2v) is 4.58. The minimum absolute atomic E-state index is 0.114. The molecule has 0 aliphatic rings. The molecule has 1 aromatic heterocycles. The van der Waals surface area contributed by atoms with Gasteiger partial charge in [0, 0.05) is 29.1 Å². The lowest BCUT2D eigenvalue weighted by atomic mass is 10.1. The van der Waals surface area contributed by atoms with E-state index in [1.54, 1.807) is 12.3 Å². The van der Waals surface area contributed by atoms with Crippen molar-refractivity contribution in [3.8, 4) is 0 Å². The lowest BCUT2D eigenvalue weighted by molar-refractivity contribution is -0.130. The van der Waals surface area contributed by atoms with E-state index < -0.39 is 0 Å². The van der Waals surface area contributed by atoms with Crippen molar-refractivity contribution in [1.82, 2.24) is 4.90 Å². The van der Waals surface area contributed by atoms with Crippen LogP contribution in [0.25, 0.3) is 11.0 Å². The zero-order chi connectivity index (χ0) is 13.1. The van der Waals surface area contributed by atoms with Crippen molar-refractivity contribution >= 4 is 28.5 Å². The van der Waals surface area contributed by atoms with Crippen LogP contribution in [0.5, 0.6) is 0 Å². The Balaban J connectivity index is 2.26. The molecule has 0 saturated heterocycles. The molecule has 0 aliphatic carbocycles. The summed E-state index contributed by atoms with van der Waals surface area (Å²) >= 11 is 5.96. The predicted octanol–water partition coefficient (Wildman–Crippen LogP) is 3.50. The Bertz CT molecular complexity index is 558. The van der Waals surface area contributed by atoms with E-state index in [0.717, 1.165) is 29.6 Å². The molecule has 0 aliphatic heterocycles. The first-order valence-electron chi connectivity index (χ1n) is 6.09. The molecule has 0 atom stereocenters. The summed E-state index contributed by atoms with van der Waals surface area (Å²) in [6.07, 6.45) is 2.00. The minimum atomic E-state index is 0.114. The third-order valence-electron chi connectivity index (χ3n) is 3.07. The summed E-state index contributed by atoms with van der Waals surface area (Å²) < 4.78 is 5.42. The average molecular weight is 266 g/mol. The van der Waals surface area contributed by atoms with Crippen LogP contribution in [0.2, 0.25) is 5.02 Å². The Morgan fingerprint density at radius 3 is 2.72 bits per heavy atom. The molecular weight excluding hydrogens is 250 g/mol. The van der Waals surface area contributed by atoms with Crippen molar-refractivity contribution in [2.24, 2.45) is 0 Å². The van der Waals surface area contributed by atoms with Gasteiger partial charge in [-0.3, -0.25) is 4.79 Å². The summed E-state index contributed by atoms with van der Waals surface area (Å²) in [6, 6.07) is 5.44. The van der Waals surface area contributed by atoms with Crippen molar-refractivity contribution < 1.29 is 9.21 Å². The van der Waals surface area contributed by atoms with Crippen LogP contribution in [0.3, 0.4) is 0 Å². The highest BCUT2D eigenvalue weighted by Crippen LogP contribution is 2.25. The van der Waals surface area contributed by atoms with E-state index in [9.17, 15) is 4.79 Å². The second-order valence-electron chi connectivity index (χ2n) is 4.14. The molecule has 1 amide bonds.